The van der Waals surface area contributed by atoms with Crippen molar-refractivity contribution in [1.82, 2.24) is 5.32 Å². The first-order chi connectivity index (χ1) is 8.80. The molecule has 1 aliphatic carbocycles. The Balaban J connectivity index is 2.08. The van der Waals surface area contributed by atoms with Crippen LogP contribution in [-0.4, -0.2) is 12.7 Å². The minimum Gasteiger partial charge on any atom is -0.310 e. The van der Waals surface area contributed by atoms with Crippen LogP contribution in [0.2, 0.25) is 0 Å². The van der Waals surface area contributed by atoms with Crippen LogP contribution in [0.25, 0.3) is 0 Å². The van der Waals surface area contributed by atoms with Crippen LogP contribution >= 0.6 is 0 Å². The summed E-state index contributed by atoms with van der Waals surface area (Å²) in [7, 11) is 0. The van der Waals surface area contributed by atoms with Crippen molar-refractivity contribution in [2.75, 3.05) is 6.54 Å². The van der Waals surface area contributed by atoms with E-state index in [1.165, 1.54) is 5.56 Å². The average molecular weight is 271 g/mol. The standard InChI is InChI=1S/C15H20F3N/c1-14(2)8-7-13(19-10-9-15(16,17)18)11-5-3-4-6-12(11)14/h3-6,13,19H,7-10H2,1-2H3. The first-order valence-corrected chi connectivity index (χ1v) is 6.69. The maximum Gasteiger partial charge on any atom is 0.390 e. The van der Waals surface area contributed by atoms with E-state index in [0.29, 0.717) is 0 Å². The molecule has 1 N–H and O–H groups in total. The van der Waals surface area contributed by atoms with Crippen LogP contribution in [-0.2, 0) is 5.41 Å². The van der Waals surface area contributed by atoms with Crippen LogP contribution < -0.4 is 5.32 Å². The van der Waals surface area contributed by atoms with Gasteiger partial charge < -0.3 is 5.32 Å². The lowest BCUT2D eigenvalue weighted by atomic mass is 9.71. The topological polar surface area (TPSA) is 12.0 Å². The summed E-state index contributed by atoms with van der Waals surface area (Å²) < 4.78 is 36.6. The normalized spacial score (nSPS) is 22.1. The van der Waals surface area contributed by atoms with Gasteiger partial charge in [0.15, 0.2) is 0 Å². The third-order valence-corrected chi connectivity index (χ3v) is 3.92. The highest BCUT2D eigenvalue weighted by Crippen LogP contribution is 2.41. The Morgan fingerprint density at radius 3 is 2.63 bits per heavy atom. The molecule has 0 bridgehead atoms. The van der Waals surface area contributed by atoms with Gasteiger partial charge in [0.1, 0.15) is 0 Å². The van der Waals surface area contributed by atoms with Gasteiger partial charge in [-0.05, 0) is 29.4 Å². The van der Waals surface area contributed by atoms with Gasteiger partial charge in [0.2, 0.25) is 0 Å². The Hall–Kier alpha value is -1.03. The van der Waals surface area contributed by atoms with E-state index < -0.39 is 12.6 Å². The summed E-state index contributed by atoms with van der Waals surface area (Å²) in [5, 5.41) is 3.05. The van der Waals surface area contributed by atoms with E-state index in [1.807, 2.05) is 18.2 Å². The smallest absolute Gasteiger partial charge is 0.310 e. The highest BCUT2D eigenvalue weighted by atomic mass is 19.4. The number of hydrogen-bond acceptors (Lipinski definition) is 1. The van der Waals surface area contributed by atoms with Crippen LogP contribution in [0.4, 0.5) is 13.2 Å². The third-order valence-electron chi connectivity index (χ3n) is 3.92. The summed E-state index contributed by atoms with van der Waals surface area (Å²) in [6.45, 7) is 4.37. The fraction of sp³-hybridized carbons (Fsp3) is 0.600. The molecule has 1 unspecified atom stereocenters. The highest BCUT2D eigenvalue weighted by molar-refractivity contribution is 5.38. The van der Waals surface area contributed by atoms with Gasteiger partial charge >= 0.3 is 6.18 Å². The Bertz CT molecular complexity index is 437. The number of nitrogens with one attached hydrogen (secondary N) is 1. The summed E-state index contributed by atoms with van der Waals surface area (Å²) in [6, 6.07) is 8.12. The van der Waals surface area contributed by atoms with E-state index in [4.69, 9.17) is 0 Å². The van der Waals surface area contributed by atoms with Crippen LogP contribution in [0.5, 0.6) is 0 Å². The number of hydrogen-bond donors (Lipinski definition) is 1. The van der Waals surface area contributed by atoms with Crippen molar-refractivity contribution in [3.63, 3.8) is 0 Å². The lowest BCUT2D eigenvalue weighted by molar-refractivity contribution is -0.133. The SMILES string of the molecule is CC1(C)CCC(NCCC(F)(F)F)c2ccccc21. The molecule has 0 spiro atoms. The van der Waals surface area contributed by atoms with Gasteiger partial charge in [0.05, 0.1) is 6.42 Å². The van der Waals surface area contributed by atoms with Crippen LogP contribution in [0.15, 0.2) is 24.3 Å². The maximum absolute atomic E-state index is 12.2. The van der Waals surface area contributed by atoms with E-state index in [9.17, 15) is 13.2 Å². The van der Waals surface area contributed by atoms with Gasteiger partial charge in [-0.15, -0.1) is 0 Å². The predicted molar refractivity (Wildman–Crippen MR) is 70.1 cm³/mol. The zero-order chi connectivity index (χ0) is 14.1. The zero-order valence-corrected chi connectivity index (χ0v) is 11.3. The van der Waals surface area contributed by atoms with Crippen molar-refractivity contribution in [3.05, 3.63) is 35.4 Å². The molecule has 1 aliphatic rings. The van der Waals surface area contributed by atoms with Crippen LogP contribution in [0, 0.1) is 0 Å². The maximum atomic E-state index is 12.2. The first kappa shape index (κ1) is 14.4. The molecule has 1 nitrogen and oxygen atoms in total. The molecule has 1 aromatic rings. The Morgan fingerprint density at radius 2 is 1.95 bits per heavy atom. The summed E-state index contributed by atoms with van der Waals surface area (Å²) >= 11 is 0. The number of halogens is 3. The summed E-state index contributed by atoms with van der Waals surface area (Å²) in [5.41, 5.74) is 2.52. The molecule has 106 valence electrons. The lowest BCUT2D eigenvalue weighted by Gasteiger charge is -2.37. The number of rotatable bonds is 3. The second-order valence-electron chi connectivity index (χ2n) is 5.88. The highest BCUT2D eigenvalue weighted by Gasteiger charge is 2.33. The van der Waals surface area contributed by atoms with E-state index >= 15 is 0 Å². The molecule has 1 atom stereocenters. The van der Waals surface area contributed by atoms with Crippen molar-refractivity contribution in [1.29, 1.82) is 0 Å². The Labute approximate surface area is 112 Å². The molecule has 4 heteroatoms. The first-order valence-electron chi connectivity index (χ1n) is 6.69. The summed E-state index contributed by atoms with van der Waals surface area (Å²) in [5.74, 6) is 0. The van der Waals surface area contributed by atoms with Crippen LogP contribution in [0.3, 0.4) is 0 Å². The van der Waals surface area contributed by atoms with Gasteiger partial charge in [0, 0.05) is 12.6 Å². The third kappa shape index (κ3) is 3.50. The molecule has 2 rings (SSSR count). The van der Waals surface area contributed by atoms with Gasteiger partial charge in [-0.25, -0.2) is 0 Å². The molecule has 0 aliphatic heterocycles. The quantitative estimate of drug-likeness (QED) is 0.862. The minimum atomic E-state index is -4.08. The molecular weight excluding hydrogens is 251 g/mol. The van der Waals surface area contributed by atoms with Gasteiger partial charge in [-0.1, -0.05) is 38.1 Å². The molecule has 0 radical (unpaired) electrons. The zero-order valence-electron chi connectivity index (χ0n) is 11.3. The molecule has 0 saturated carbocycles. The molecule has 0 amide bonds. The van der Waals surface area contributed by atoms with Crippen molar-refractivity contribution < 1.29 is 13.2 Å². The summed E-state index contributed by atoms with van der Waals surface area (Å²) in [4.78, 5) is 0. The minimum absolute atomic E-state index is 0.0110. The molecule has 0 fully saturated rings. The number of alkyl halides is 3. The van der Waals surface area contributed by atoms with Crippen molar-refractivity contribution in [3.8, 4) is 0 Å². The van der Waals surface area contributed by atoms with E-state index in [-0.39, 0.29) is 18.0 Å². The number of fused-ring (bicyclic) bond motifs is 1. The van der Waals surface area contributed by atoms with Crippen molar-refractivity contribution in [2.45, 2.75) is 50.7 Å². The Kier molecular flexibility index (Phi) is 3.90. The van der Waals surface area contributed by atoms with Crippen molar-refractivity contribution >= 4 is 0 Å². The molecule has 19 heavy (non-hydrogen) atoms. The van der Waals surface area contributed by atoms with Crippen molar-refractivity contribution in [2.24, 2.45) is 0 Å². The number of benzene rings is 1. The van der Waals surface area contributed by atoms with Gasteiger partial charge in [0.25, 0.3) is 0 Å². The largest absolute Gasteiger partial charge is 0.390 e. The lowest BCUT2D eigenvalue weighted by Crippen LogP contribution is -2.34. The van der Waals surface area contributed by atoms with Crippen LogP contribution in [0.1, 0.15) is 50.3 Å². The fourth-order valence-electron chi connectivity index (χ4n) is 2.81. The second kappa shape index (κ2) is 5.16. The summed E-state index contributed by atoms with van der Waals surface area (Å²) in [6.07, 6.45) is -2.97. The fourth-order valence-corrected chi connectivity index (χ4v) is 2.81. The predicted octanol–water partition coefficient (Wildman–Crippen LogP) is 4.34. The monoisotopic (exact) mass is 271 g/mol. The van der Waals surface area contributed by atoms with E-state index in [0.717, 1.165) is 18.4 Å². The van der Waals surface area contributed by atoms with Gasteiger partial charge in [-0.2, -0.15) is 13.2 Å². The molecule has 0 heterocycles. The average Bonchev–Trinajstić information content (AvgIpc) is 2.31. The molecule has 0 saturated heterocycles. The van der Waals surface area contributed by atoms with E-state index in [2.05, 4.69) is 25.2 Å². The van der Waals surface area contributed by atoms with E-state index in [1.54, 1.807) is 0 Å². The molecule has 1 aromatic carbocycles. The molecular formula is C15H20F3N. The Morgan fingerprint density at radius 1 is 1.26 bits per heavy atom. The second-order valence-corrected chi connectivity index (χ2v) is 5.88. The van der Waals surface area contributed by atoms with Gasteiger partial charge in [-0.3, -0.25) is 0 Å². The molecule has 0 aromatic heterocycles.